The predicted molar refractivity (Wildman–Crippen MR) is 85.7 cm³/mol. The molecule has 2 N–H and O–H groups in total. The van der Waals surface area contributed by atoms with Crippen molar-refractivity contribution in [2.24, 2.45) is 0 Å². The summed E-state index contributed by atoms with van der Waals surface area (Å²) in [5.41, 5.74) is 8.85. The predicted octanol–water partition coefficient (Wildman–Crippen LogP) is 4.28. The number of thiophene rings is 1. The smallest absolute Gasteiger partial charge is 0.186 e. The highest BCUT2D eigenvalue weighted by atomic mass is 32.1. The van der Waals surface area contributed by atoms with Crippen LogP contribution in [0, 0.1) is 13.8 Å². The summed E-state index contributed by atoms with van der Waals surface area (Å²) < 4.78 is 10.9. The van der Waals surface area contributed by atoms with Crippen molar-refractivity contribution in [1.29, 1.82) is 0 Å². The Balaban J connectivity index is 2.24. The van der Waals surface area contributed by atoms with Crippen LogP contribution in [0.4, 0.5) is 5.82 Å². The van der Waals surface area contributed by atoms with Gasteiger partial charge in [-0.2, -0.15) is 0 Å². The average Bonchev–Trinajstić information content (AvgIpc) is 3.04. The molecule has 0 saturated carbocycles. The minimum absolute atomic E-state index is 0.375. The van der Waals surface area contributed by atoms with Gasteiger partial charge in [0.05, 0.1) is 17.6 Å². The zero-order valence-electron chi connectivity index (χ0n) is 12.1. The van der Waals surface area contributed by atoms with Crippen LogP contribution in [0.5, 0.6) is 5.75 Å². The summed E-state index contributed by atoms with van der Waals surface area (Å²) in [6.45, 7) is 4.09. The quantitative estimate of drug-likeness (QED) is 0.784. The van der Waals surface area contributed by atoms with Crippen molar-refractivity contribution in [2.75, 3.05) is 12.8 Å². The molecular formula is C16H16N2O2S. The van der Waals surface area contributed by atoms with E-state index in [2.05, 4.69) is 18.1 Å². The second kappa shape index (κ2) is 5.26. The van der Waals surface area contributed by atoms with Crippen molar-refractivity contribution >= 4 is 17.2 Å². The monoisotopic (exact) mass is 300 g/mol. The summed E-state index contributed by atoms with van der Waals surface area (Å²) in [6, 6.07) is 10.0. The second-order valence-electron chi connectivity index (χ2n) is 4.89. The van der Waals surface area contributed by atoms with Gasteiger partial charge in [-0.05, 0) is 38.1 Å². The van der Waals surface area contributed by atoms with Gasteiger partial charge in [-0.15, -0.1) is 11.3 Å². The fourth-order valence-electron chi connectivity index (χ4n) is 2.30. The molecule has 0 radical (unpaired) electrons. The molecule has 1 aromatic carbocycles. The van der Waals surface area contributed by atoms with Crippen LogP contribution < -0.4 is 10.5 Å². The molecule has 0 aliphatic heterocycles. The Morgan fingerprint density at radius 3 is 2.67 bits per heavy atom. The van der Waals surface area contributed by atoms with E-state index < -0.39 is 0 Å². The number of nitrogens with two attached hydrogens (primary N) is 1. The third-order valence-electron chi connectivity index (χ3n) is 3.31. The maximum atomic E-state index is 6.04. The zero-order valence-corrected chi connectivity index (χ0v) is 13.0. The lowest BCUT2D eigenvalue weighted by Crippen LogP contribution is -1.93. The molecule has 0 unspecified atom stereocenters. The summed E-state index contributed by atoms with van der Waals surface area (Å²) >= 11 is 1.65. The van der Waals surface area contributed by atoms with Gasteiger partial charge >= 0.3 is 0 Å². The van der Waals surface area contributed by atoms with Crippen molar-refractivity contribution < 1.29 is 9.26 Å². The standard InChI is InChI=1S/C16H16N2O2S/c1-9-4-6-12(19-3)11(8-9)14-15(20-18-16(14)17)13-7-5-10(2)21-13/h4-8H,1-3H3,(H2,17,18). The van der Waals surface area contributed by atoms with Crippen LogP contribution in [0.25, 0.3) is 21.8 Å². The molecule has 3 aromatic rings. The highest BCUT2D eigenvalue weighted by molar-refractivity contribution is 7.15. The van der Waals surface area contributed by atoms with Crippen molar-refractivity contribution in [3.63, 3.8) is 0 Å². The number of nitrogens with zero attached hydrogens (tertiary/aromatic N) is 1. The number of anilines is 1. The minimum atomic E-state index is 0.375. The molecule has 0 spiro atoms. The molecule has 0 aliphatic rings. The topological polar surface area (TPSA) is 61.3 Å². The Labute approximate surface area is 127 Å². The van der Waals surface area contributed by atoms with E-state index in [9.17, 15) is 0 Å². The first-order valence-corrected chi connectivity index (χ1v) is 7.38. The van der Waals surface area contributed by atoms with Crippen molar-refractivity contribution in [3.05, 3.63) is 40.8 Å². The molecule has 0 saturated heterocycles. The third-order valence-corrected chi connectivity index (χ3v) is 4.31. The molecule has 4 nitrogen and oxygen atoms in total. The Kier molecular flexibility index (Phi) is 3.43. The maximum absolute atomic E-state index is 6.04. The highest BCUT2D eigenvalue weighted by Crippen LogP contribution is 2.43. The normalized spacial score (nSPS) is 10.8. The van der Waals surface area contributed by atoms with Crippen molar-refractivity contribution in [2.45, 2.75) is 13.8 Å². The van der Waals surface area contributed by atoms with E-state index in [0.29, 0.717) is 11.6 Å². The lowest BCUT2D eigenvalue weighted by molar-refractivity contribution is 0.416. The largest absolute Gasteiger partial charge is 0.496 e. The average molecular weight is 300 g/mol. The zero-order chi connectivity index (χ0) is 15.0. The minimum Gasteiger partial charge on any atom is -0.496 e. The van der Waals surface area contributed by atoms with E-state index in [-0.39, 0.29) is 0 Å². The lowest BCUT2D eigenvalue weighted by Gasteiger charge is -2.09. The Bertz CT molecular complexity index is 789. The summed E-state index contributed by atoms with van der Waals surface area (Å²) in [7, 11) is 1.65. The van der Waals surface area contributed by atoms with Gasteiger partial charge < -0.3 is 15.0 Å². The van der Waals surface area contributed by atoms with Crippen molar-refractivity contribution in [1.82, 2.24) is 5.16 Å². The molecule has 21 heavy (non-hydrogen) atoms. The van der Waals surface area contributed by atoms with E-state index in [1.165, 1.54) is 4.88 Å². The van der Waals surface area contributed by atoms with E-state index in [4.69, 9.17) is 15.0 Å². The van der Waals surface area contributed by atoms with Gasteiger partial charge in [-0.1, -0.05) is 16.8 Å². The van der Waals surface area contributed by atoms with Gasteiger partial charge in [-0.25, -0.2) is 0 Å². The number of aryl methyl sites for hydroxylation is 2. The highest BCUT2D eigenvalue weighted by Gasteiger charge is 2.21. The first-order valence-electron chi connectivity index (χ1n) is 6.57. The molecule has 0 amide bonds. The SMILES string of the molecule is COc1ccc(C)cc1-c1c(N)noc1-c1ccc(C)s1. The van der Waals surface area contributed by atoms with E-state index in [1.807, 2.05) is 31.2 Å². The Morgan fingerprint density at radius 1 is 1.19 bits per heavy atom. The summed E-state index contributed by atoms with van der Waals surface area (Å²) in [4.78, 5) is 2.22. The number of hydrogen-bond donors (Lipinski definition) is 1. The van der Waals surface area contributed by atoms with Crippen LogP contribution in [0.15, 0.2) is 34.9 Å². The van der Waals surface area contributed by atoms with E-state index >= 15 is 0 Å². The Hall–Kier alpha value is -2.27. The van der Waals surface area contributed by atoms with E-state index in [0.717, 1.165) is 27.3 Å². The first-order chi connectivity index (χ1) is 10.1. The van der Waals surface area contributed by atoms with Crippen molar-refractivity contribution in [3.8, 4) is 27.5 Å². The number of benzene rings is 1. The fourth-order valence-corrected chi connectivity index (χ4v) is 3.16. The number of hydrogen-bond acceptors (Lipinski definition) is 5. The molecule has 0 fully saturated rings. The van der Waals surface area contributed by atoms with Crippen LogP contribution in [-0.4, -0.2) is 12.3 Å². The van der Waals surface area contributed by atoms with Gasteiger partial charge in [0.15, 0.2) is 11.6 Å². The summed E-state index contributed by atoms with van der Waals surface area (Å²) in [5.74, 6) is 1.82. The summed E-state index contributed by atoms with van der Waals surface area (Å²) in [5, 5.41) is 3.94. The number of aromatic nitrogens is 1. The van der Waals surface area contributed by atoms with E-state index in [1.54, 1.807) is 18.4 Å². The van der Waals surface area contributed by atoms with Gasteiger partial charge in [0.1, 0.15) is 5.75 Å². The molecule has 3 rings (SSSR count). The van der Waals surface area contributed by atoms with Gasteiger partial charge in [0.2, 0.25) is 0 Å². The van der Waals surface area contributed by atoms with Crippen LogP contribution in [0.3, 0.4) is 0 Å². The molecule has 0 atom stereocenters. The van der Waals surface area contributed by atoms with Crippen LogP contribution in [0.2, 0.25) is 0 Å². The first kappa shape index (κ1) is 13.7. The molecule has 108 valence electrons. The van der Waals surface area contributed by atoms with Crippen LogP contribution in [0.1, 0.15) is 10.4 Å². The molecule has 0 bridgehead atoms. The lowest BCUT2D eigenvalue weighted by atomic mass is 10.0. The van der Waals surface area contributed by atoms with Gasteiger partial charge in [-0.3, -0.25) is 0 Å². The summed E-state index contributed by atoms with van der Waals surface area (Å²) in [6.07, 6.45) is 0. The van der Waals surface area contributed by atoms with Crippen LogP contribution >= 0.6 is 11.3 Å². The fraction of sp³-hybridized carbons (Fsp3) is 0.188. The second-order valence-corrected chi connectivity index (χ2v) is 6.17. The molecular weight excluding hydrogens is 284 g/mol. The molecule has 5 heteroatoms. The third kappa shape index (κ3) is 2.40. The van der Waals surface area contributed by atoms with Gasteiger partial charge in [0, 0.05) is 10.4 Å². The molecule has 0 aliphatic carbocycles. The Morgan fingerprint density at radius 2 is 2.00 bits per heavy atom. The van der Waals surface area contributed by atoms with Gasteiger partial charge in [0.25, 0.3) is 0 Å². The number of methoxy groups -OCH3 is 1. The number of nitrogen functional groups attached to an aromatic ring is 1. The van der Waals surface area contributed by atoms with Crippen LogP contribution in [-0.2, 0) is 0 Å². The maximum Gasteiger partial charge on any atom is 0.186 e. The molecule has 2 heterocycles. The molecule has 2 aromatic heterocycles. The number of rotatable bonds is 3. The number of ether oxygens (including phenoxy) is 1.